The molecule has 1 N–H and O–H groups in total. The van der Waals surface area contributed by atoms with E-state index in [4.69, 9.17) is 9.47 Å². The van der Waals surface area contributed by atoms with Crippen molar-refractivity contribution >= 4 is 6.09 Å². The van der Waals surface area contributed by atoms with Gasteiger partial charge < -0.3 is 14.8 Å². The summed E-state index contributed by atoms with van der Waals surface area (Å²) in [6.07, 6.45) is 9.08. The molecular formula is C24H29N5O3. The normalized spacial score (nSPS) is 14.2. The Bertz CT molecular complexity index is 1050. The third-order valence-electron chi connectivity index (χ3n) is 5.70. The number of ether oxygens (including phenoxy) is 2. The van der Waals surface area contributed by atoms with Crippen LogP contribution in [0.1, 0.15) is 49.1 Å². The molecule has 2 aromatic heterocycles. The first-order chi connectivity index (χ1) is 15.6. The van der Waals surface area contributed by atoms with E-state index in [2.05, 4.69) is 20.4 Å². The number of carbonyl (C=O) groups is 1. The van der Waals surface area contributed by atoms with Crippen molar-refractivity contribution in [2.45, 2.75) is 58.3 Å². The molecule has 8 nitrogen and oxygen atoms in total. The molecule has 1 amide bonds. The molecule has 0 saturated heterocycles. The van der Waals surface area contributed by atoms with Crippen molar-refractivity contribution in [2.24, 2.45) is 7.05 Å². The standard InChI is InChI=1S/C24H29N5O3/c1-17-22(32-19-11-7-4-8-12-19)15-25-23(28-17)20-13-27-29(2)21(20)14-26-24(30)31-16-18-9-5-3-6-10-18/h3,5-6,9-10,13,15,19H,4,7-8,11-12,14,16H2,1-2H3,(H,26,30). The molecule has 0 aliphatic heterocycles. The van der Waals surface area contributed by atoms with Crippen LogP contribution >= 0.6 is 0 Å². The lowest BCUT2D eigenvalue weighted by molar-refractivity contribution is 0.139. The van der Waals surface area contributed by atoms with Crippen molar-refractivity contribution < 1.29 is 14.3 Å². The maximum absolute atomic E-state index is 12.1. The summed E-state index contributed by atoms with van der Waals surface area (Å²) in [5.74, 6) is 1.29. The summed E-state index contributed by atoms with van der Waals surface area (Å²) in [6.45, 7) is 2.40. The highest BCUT2D eigenvalue weighted by Crippen LogP contribution is 2.27. The number of carbonyl (C=O) groups excluding carboxylic acids is 1. The van der Waals surface area contributed by atoms with Gasteiger partial charge in [-0.2, -0.15) is 5.10 Å². The van der Waals surface area contributed by atoms with E-state index in [1.54, 1.807) is 17.1 Å². The molecule has 0 unspecified atom stereocenters. The molecule has 0 spiro atoms. The molecule has 1 aromatic carbocycles. The fraction of sp³-hybridized carbons (Fsp3) is 0.417. The first kappa shape index (κ1) is 21.8. The second kappa shape index (κ2) is 10.3. The van der Waals surface area contributed by atoms with Crippen LogP contribution in [0.2, 0.25) is 0 Å². The molecule has 168 valence electrons. The zero-order chi connectivity index (χ0) is 22.3. The van der Waals surface area contributed by atoms with Crippen LogP contribution in [0.4, 0.5) is 4.79 Å². The molecule has 1 fully saturated rings. The van der Waals surface area contributed by atoms with Crippen LogP contribution in [-0.4, -0.2) is 31.9 Å². The maximum atomic E-state index is 12.1. The second-order valence-corrected chi connectivity index (χ2v) is 8.06. The summed E-state index contributed by atoms with van der Waals surface area (Å²) in [7, 11) is 1.82. The highest BCUT2D eigenvalue weighted by atomic mass is 16.5. The average molecular weight is 436 g/mol. The summed E-state index contributed by atoms with van der Waals surface area (Å²) in [5, 5.41) is 7.11. The van der Waals surface area contributed by atoms with Gasteiger partial charge in [-0.25, -0.2) is 14.8 Å². The van der Waals surface area contributed by atoms with Gasteiger partial charge in [-0.3, -0.25) is 4.68 Å². The number of aryl methyl sites for hydroxylation is 2. The Balaban J connectivity index is 1.39. The van der Waals surface area contributed by atoms with Crippen LogP contribution in [0.25, 0.3) is 11.4 Å². The van der Waals surface area contributed by atoms with Gasteiger partial charge >= 0.3 is 6.09 Å². The zero-order valence-electron chi connectivity index (χ0n) is 18.6. The SMILES string of the molecule is Cc1nc(-c2cnn(C)c2CNC(=O)OCc2ccccc2)ncc1OC1CCCCC1. The lowest BCUT2D eigenvalue weighted by atomic mass is 9.98. The van der Waals surface area contributed by atoms with Crippen molar-refractivity contribution in [2.75, 3.05) is 0 Å². The Kier molecular flexibility index (Phi) is 6.99. The Morgan fingerprint density at radius 1 is 1.16 bits per heavy atom. The van der Waals surface area contributed by atoms with Crippen molar-refractivity contribution in [1.29, 1.82) is 0 Å². The third-order valence-corrected chi connectivity index (χ3v) is 5.70. The van der Waals surface area contributed by atoms with E-state index in [0.29, 0.717) is 5.82 Å². The predicted octanol–water partition coefficient (Wildman–Crippen LogP) is 4.32. The number of rotatable bonds is 7. The average Bonchev–Trinajstić information content (AvgIpc) is 3.19. The predicted molar refractivity (Wildman–Crippen MR) is 120 cm³/mol. The van der Waals surface area contributed by atoms with Gasteiger partial charge in [0.05, 0.1) is 42.0 Å². The summed E-state index contributed by atoms with van der Waals surface area (Å²) >= 11 is 0. The molecule has 4 rings (SSSR count). The minimum absolute atomic E-state index is 0.218. The third kappa shape index (κ3) is 5.43. The molecule has 0 radical (unpaired) electrons. The number of hydrogen-bond acceptors (Lipinski definition) is 6. The van der Waals surface area contributed by atoms with Crippen LogP contribution in [0.3, 0.4) is 0 Å². The molecule has 8 heteroatoms. The molecule has 32 heavy (non-hydrogen) atoms. The monoisotopic (exact) mass is 435 g/mol. The fourth-order valence-electron chi connectivity index (χ4n) is 3.85. The molecule has 3 aromatic rings. The number of nitrogens with one attached hydrogen (secondary N) is 1. The van der Waals surface area contributed by atoms with Crippen molar-refractivity contribution in [3.63, 3.8) is 0 Å². The fourth-order valence-corrected chi connectivity index (χ4v) is 3.85. The number of amides is 1. The summed E-state index contributed by atoms with van der Waals surface area (Å²) in [5.41, 5.74) is 3.29. The lowest BCUT2D eigenvalue weighted by Gasteiger charge is -2.23. The van der Waals surface area contributed by atoms with E-state index >= 15 is 0 Å². The van der Waals surface area contributed by atoms with E-state index in [1.165, 1.54) is 19.3 Å². The van der Waals surface area contributed by atoms with Crippen LogP contribution in [-0.2, 0) is 24.9 Å². The van der Waals surface area contributed by atoms with Crippen LogP contribution < -0.4 is 10.1 Å². The van der Waals surface area contributed by atoms with Crippen molar-refractivity contribution in [3.05, 3.63) is 59.7 Å². The maximum Gasteiger partial charge on any atom is 0.407 e. The minimum atomic E-state index is -0.491. The molecule has 1 aliphatic carbocycles. The van der Waals surface area contributed by atoms with Gasteiger partial charge in [-0.05, 0) is 38.2 Å². The number of benzene rings is 1. The Morgan fingerprint density at radius 3 is 2.69 bits per heavy atom. The molecular weight excluding hydrogens is 406 g/mol. The van der Waals surface area contributed by atoms with Crippen LogP contribution in [0, 0.1) is 6.92 Å². The summed E-state index contributed by atoms with van der Waals surface area (Å²) in [4.78, 5) is 21.3. The first-order valence-electron chi connectivity index (χ1n) is 11.1. The molecule has 2 heterocycles. The topological polar surface area (TPSA) is 91.2 Å². The summed E-state index contributed by atoms with van der Waals surface area (Å²) in [6, 6.07) is 9.56. The Labute approximate surface area is 188 Å². The van der Waals surface area contributed by atoms with E-state index in [-0.39, 0.29) is 19.3 Å². The lowest BCUT2D eigenvalue weighted by Crippen LogP contribution is -2.25. The van der Waals surface area contributed by atoms with Gasteiger partial charge in [-0.15, -0.1) is 0 Å². The van der Waals surface area contributed by atoms with Gasteiger partial charge in [0.25, 0.3) is 0 Å². The van der Waals surface area contributed by atoms with E-state index in [1.807, 2.05) is 44.3 Å². The number of nitrogens with zero attached hydrogens (tertiary/aromatic N) is 4. The Hall–Kier alpha value is -3.42. The van der Waals surface area contributed by atoms with Crippen molar-refractivity contribution in [3.8, 4) is 17.1 Å². The second-order valence-electron chi connectivity index (χ2n) is 8.06. The highest BCUT2D eigenvalue weighted by molar-refractivity contribution is 5.68. The van der Waals surface area contributed by atoms with Crippen LogP contribution in [0.5, 0.6) is 5.75 Å². The molecule has 0 bridgehead atoms. The van der Waals surface area contributed by atoms with Crippen molar-refractivity contribution in [1.82, 2.24) is 25.1 Å². The summed E-state index contributed by atoms with van der Waals surface area (Å²) < 4.78 is 13.1. The van der Waals surface area contributed by atoms with Gasteiger partial charge in [0.15, 0.2) is 11.6 Å². The number of aromatic nitrogens is 4. The quantitative estimate of drug-likeness (QED) is 0.594. The minimum Gasteiger partial charge on any atom is -0.487 e. The largest absolute Gasteiger partial charge is 0.487 e. The number of hydrogen-bond donors (Lipinski definition) is 1. The molecule has 1 aliphatic rings. The highest BCUT2D eigenvalue weighted by Gasteiger charge is 2.19. The van der Waals surface area contributed by atoms with E-state index in [9.17, 15) is 4.79 Å². The molecule has 0 atom stereocenters. The van der Waals surface area contributed by atoms with Gasteiger partial charge in [-0.1, -0.05) is 36.8 Å². The van der Waals surface area contributed by atoms with Gasteiger partial charge in [0.2, 0.25) is 0 Å². The van der Waals surface area contributed by atoms with E-state index < -0.39 is 6.09 Å². The molecule has 1 saturated carbocycles. The Morgan fingerprint density at radius 2 is 1.94 bits per heavy atom. The first-order valence-corrected chi connectivity index (χ1v) is 11.1. The zero-order valence-corrected chi connectivity index (χ0v) is 18.6. The smallest absolute Gasteiger partial charge is 0.407 e. The van der Waals surface area contributed by atoms with Gasteiger partial charge in [0.1, 0.15) is 6.61 Å². The van der Waals surface area contributed by atoms with Crippen LogP contribution in [0.15, 0.2) is 42.7 Å². The van der Waals surface area contributed by atoms with Gasteiger partial charge in [0, 0.05) is 7.05 Å². The number of alkyl carbamates (subject to hydrolysis) is 1. The van der Waals surface area contributed by atoms with E-state index in [0.717, 1.165) is 41.1 Å².